The molecule has 10 nitrogen and oxygen atoms in total. The van der Waals surface area contributed by atoms with E-state index in [-0.39, 0.29) is 28.8 Å². The van der Waals surface area contributed by atoms with E-state index < -0.39 is 39.4 Å². The molecule has 13 heteroatoms. The molecule has 0 radical (unpaired) electrons. The average molecular weight is 483 g/mol. The van der Waals surface area contributed by atoms with Crippen LogP contribution >= 0.6 is 35.1 Å². The van der Waals surface area contributed by atoms with Crippen LogP contribution in [0.25, 0.3) is 0 Å². The summed E-state index contributed by atoms with van der Waals surface area (Å²) in [7, 11) is 0. The van der Waals surface area contributed by atoms with Crippen molar-refractivity contribution in [2.24, 2.45) is 0 Å². The van der Waals surface area contributed by atoms with Crippen molar-refractivity contribution in [3.05, 3.63) is 50.7 Å². The third-order valence-corrected chi connectivity index (χ3v) is 7.06. The maximum Gasteiger partial charge on any atom is 0.356 e. The summed E-state index contributed by atoms with van der Waals surface area (Å²) in [5.74, 6) is -1.67. The summed E-state index contributed by atoms with van der Waals surface area (Å²) in [6.07, 6.45) is 1.61. The second kappa shape index (κ2) is 9.59. The largest absolute Gasteiger partial charge is 0.456 e. The van der Waals surface area contributed by atoms with Crippen LogP contribution in [-0.2, 0) is 25.7 Å². The molecule has 2 aliphatic heterocycles. The number of fused-ring (bicyclic) bond motifs is 1. The van der Waals surface area contributed by atoms with Crippen LogP contribution in [0.15, 0.2) is 35.0 Å². The van der Waals surface area contributed by atoms with Crippen molar-refractivity contribution in [3.8, 4) is 6.07 Å². The highest BCUT2D eigenvalue weighted by atomic mass is 35.5. The fourth-order valence-corrected chi connectivity index (χ4v) is 4.88. The Balaban J connectivity index is 1.66. The van der Waals surface area contributed by atoms with E-state index in [0.29, 0.717) is 5.56 Å². The summed E-state index contributed by atoms with van der Waals surface area (Å²) in [5.41, 5.74) is 0.342. The molecule has 31 heavy (non-hydrogen) atoms. The summed E-state index contributed by atoms with van der Waals surface area (Å²) in [5, 5.41) is 20.9. The number of amides is 2. The Kier molecular flexibility index (Phi) is 7.09. The Bertz CT molecular complexity index is 1010. The summed E-state index contributed by atoms with van der Waals surface area (Å²) in [6, 6.07) is 6.47. The van der Waals surface area contributed by atoms with Crippen LogP contribution in [0.1, 0.15) is 5.56 Å². The van der Waals surface area contributed by atoms with Crippen LogP contribution in [0, 0.1) is 21.4 Å². The van der Waals surface area contributed by atoms with Gasteiger partial charge in [-0.1, -0.05) is 11.6 Å². The molecule has 1 aromatic rings. The first-order valence-corrected chi connectivity index (χ1v) is 11.5. The standard InChI is InChI=1S/C18H15ClN4O6S2/c1-30-12(6-20)15(24)21-13-16(25)22-14(11(19)8-31-17(13)22)18(26)29-7-9-2-4-10(5-3-9)23(27)28/h2-5,12-13,17H,7-8H2,1H3,(H,21,24)/t12?,13?,17-/m0/s1. The molecular formula is C18H15ClN4O6S2. The highest BCUT2D eigenvalue weighted by Crippen LogP contribution is 2.41. The number of nitrogens with one attached hydrogen (secondary N) is 1. The smallest absolute Gasteiger partial charge is 0.356 e. The van der Waals surface area contributed by atoms with Crippen LogP contribution in [0.3, 0.4) is 0 Å². The first-order valence-electron chi connectivity index (χ1n) is 8.75. The molecule has 3 rings (SSSR count). The van der Waals surface area contributed by atoms with Crippen LogP contribution in [-0.4, -0.2) is 56.3 Å². The first kappa shape index (κ1) is 22.9. The molecule has 2 heterocycles. The number of β-lactam (4-membered cyclic amide) rings is 1. The van der Waals surface area contributed by atoms with E-state index in [9.17, 15) is 24.5 Å². The minimum absolute atomic E-state index is 0.0904. The number of benzene rings is 1. The maximum absolute atomic E-state index is 12.6. The lowest BCUT2D eigenvalue weighted by molar-refractivity contribution is -0.384. The fourth-order valence-electron chi connectivity index (χ4n) is 2.95. The van der Waals surface area contributed by atoms with Crippen LogP contribution in [0.2, 0.25) is 0 Å². The van der Waals surface area contributed by atoms with Crippen molar-refractivity contribution in [1.29, 1.82) is 5.26 Å². The number of nitro benzene ring substituents is 1. The highest BCUT2D eigenvalue weighted by Gasteiger charge is 2.54. The van der Waals surface area contributed by atoms with E-state index in [4.69, 9.17) is 21.6 Å². The molecule has 3 atom stereocenters. The lowest BCUT2D eigenvalue weighted by Gasteiger charge is -2.49. The zero-order chi connectivity index (χ0) is 22.7. The number of ether oxygens (including phenoxy) is 1. The van der Waals surface area contributed by atoms with Gasteiger partial charge in [0.15, 0.2) is 5.25 Å². The monoisotopic (exact) mass is 482 g/mol. The van der Waals surface area contributed by atoms with E-state index in [0.717, 1.165) is 11.8 Å². The van der Waals surface area contributed by atoms with Gasteiger partial charge in [-0.15, -0.1) is 23.5 Å². The number of rotatable bonds is 7. The number of esters is 1. The molecule has 1 fully saturated rings. The van der Waals surface area contributed by atoms with E-state index in [1.807, 2.05) is 6.07 Å². The van der Waals surface area contributed by atoms with E-state index >= 15 is 0 Å². The van der Waals surface area contributed by atoms with Gasteiger partial charge in [0.1, 0.15) is 23.7 Å². The molecule has 2 unspecified atom stereocenters. The molecule has 1 N–H and O–H groups in total. The lowest BCUT2D eigenvalue weighted by Crippen LogP contribution is -2.71. The number of thioether (sulfide) groups is 2. The predicted molar refractivity (Wildman–Crippen MR) is 114 cm³/mol. The Morgan fingerprint density at radius 1 is 1.48 bits per heavy atom. The highest BCUT2D eigenvalue weighted by molar-refractivity contribution is 8.00. The van der Waals surface area contributed by atoms with Crippen LogP contribution in [0.4, 0.5) is 5.69 Å². The second-order valence-electron chi connectivity index (χ2n) is 6.39. The van der Waals surface area contributed by atoms with Gasteiger partial charge in [-0.25, -0.2) is 4.79 Å². The van der Waals surface area contributed by atoms with E-state index in [1.54, 1.807) is 6.26 Å². The van der Waals surface area contributed by atoms with E-state index in [1.165, 1.54) is 40.9 Å². The summed E-state index contributed by atoms with van der Waals surface area (Å²) in [4.78, 5) is 48.7. The molecule has 2 aliphatic rings. The van der Waals surface area contributed by atoms with Crippen molar-refractivity contribution in [2.75, 3.05) is 12.0 Å². The third kappa shape index (κ3) is 4.63. The third-order valence-electron chi connectivity index (χ3n) is 4.52. The van der Waals surface area contributed by atoms with Gasteiger partial charge < -0.3 is 10.1 Å². The molecule has 0 aromatic heterocycles. The molecule has 0 bridgehead atoms. The maximum atomic E-state index is 12.6. The number of hydrogen-bond acceptors (Lipinski definition) is 9. The molecule has 0 aliphatic carbocycles. The summed E-state index contributed by atoms with van der Waals surface area (Å²) < 4.78 is 5.24. The van der Waals surface area contributed by atoms with Gasteiger partial charge in [0.2, 0.25) is 5.91 Å². The lowest BCUT2D eigenvalue weighted by atomic mass is 10.0. The zero-order valence-corrected chi connectivity index (χ0v) is 18.3. The van der Waals surface area contributed by atoms with Crippen molar-refractivity contribution < 1.29 is 24.0 Å². The number of carbonyl (C=O) groups is 3. The molecule has 1 aromatic carbocycles. The Morgan fingerprint density at radius 3 is 2.74 bits per heavy atom. The number of non-ortho nitro benzene ring substituents is 1. The average Bonchev–Trinajstić information content (AvgIpc) is 2.76. The number of hydrogen-bond donors (Lipinski definition) is 1. The van der Waals surface area contributed by atoms with Gasteiger partial charge in [0.05, 0.1) is 16.0 Å². The quantitative estimate of drug-likeness (QED) is 0.266. The van der Waals surface area contributed by atoms with Crippen molar-refractivity contribution >= 4 is 58.6 Å². The molecule has 0 saturated carbocycles. The van der Waals surface area contributed by atoms with Gasteiger partial charge in [-0.2, -0.15) is 5.26 Å². The predicted octanol–water partition coefficient (Wildman–Crippen LogP) is 1.74. The van der Waals surface area contributed by atoms with Gasteiger partial charge in [0.25, 0.3) is 11.6 Å². The Morgan fingerprint density at radius 2 is 2.16 bits per heavy atom. The SMILES string of the molecule is CSC(C#N)C(=O)NC1C(=O)N2C(C(=O)OCc3ccc([N+](=O)[O-])cc3)=C(Cl)CS[C@@H]12. The normalized spacial score (nSPS) is 20.8. The topological polar surface area (TPSA) is 143 Å². The molecule has 0 spiro atoms. The Hall–Kier alpha value is -2.75. The first-order chi connectivity index (χ1) is 14.8. The Labute approximate surface area is 190 Å². The molecule has 1 saturated heterocycles. The molecule has 162 valence electrons. The van der Waals surface area contributed by atoms with Gasteiger partial charge >= 0.3 is 5.97 Å². The minimum atomic E-state index is -0.944. The summed E-state index contributed by atoms with van der Waals surface area (Å²) in [6.45, 7) is -0.165. The number of nitriles is 1. The summed E-state index contributed by atoms with van der Waals surface area (Å²) >= 11 is 8.51. The minimum Gasteiger partial charge on any atom is -0.456 e. The molecule has 2 amide bonds. The number of carbonyl (C=O) groups excluding carboxylic acids is 3. The van der Waals surface area contributed by atoms with Gasteiger partial charge in [-0.3, -0.25) is 24.6 Å². The van der Waals surface area contributed by atoms with Crippen LogP contribution < -0.4 is 5.32 Å². The van der Waals surface area contributed by atoms with E-state index in [2.05, 4.69) is 5.32 Å². The fraction of sp³-hybridized carbons (Fsp3) is 0.333. The molecular weight excluding hydrogens is 468 g/mol. The van der Waals surface area contributed by atoms with Crippen molar-refractivity contribution in [3.63, 3.8) is 0 Å². The number of nitrogens with zero attached hydrogens (tertiary/aromatic N) is 3. The number of nitro groups is 1. The number of halogens is 1. The van der Waals surface area contributed by atoms with Crippen molar-refractivity contribution in [2.45, 2.75) is 23.3 Å². The van der Waals surface area contributed by atoms with Gasteiger partial charge in [-0.05, 0) is 24.0 Å². The second-order valence-corrected chi connectivity index (χ2v) is 8.90. The zero-order valence-electron chi connectivity index (χ0n) is 15.9. The van der Waals surface area contributed by atoms with Crippen LogP contribution in [0.5, 0.6) is 0 Å². The van der Waals surface area contributed by atoms with Gasteiger partial charge in [0, 0.05) is 17.9 Å². The van der Waals surface area contributed by atoms with Crippen molar-refractivity contribution in [1.82, 2.24) is 10.2 Å².